The molecule has 0 heterocycles. The normalized spacial score (nSPS) is 11.7. The Morgan fingerprint density at radius 2 is 0.660 bits per heavy atom. The highest BCUT2D eigenvalue weighted by Gasteiger charge is 2.30. The molecule has 0 fully saturated rings. The van der Waals surface area contributed by atoms with Gasteiger partial charge >= 0.3 is 12.4 Å². The third kappa shape index (κ3) is 7.31. The van der Waals surface area contributed by atoms with E-state index in [4.69, 9.17) is 5.73 Å². The maximum atomic E-state index is 13.1. The van der Waals surface area contributed by atoms with E-state index >= 15 is 0 Å². The summed E-state index contributed by atoms with van der Waals surface area (Å²) in [4.78, 5) is 0. The number of nitrogens with two attached hydrogens (primary N) is 1. The molecule has 6 aromatic rings. The quantitative estimate of drug-likeness (QED) is 0.110. The third-order valence-corrected chi connectivity index (χ3v) is 7.95. The Bertz CT molecular complexity index is 1880. The van der Waals surface area contributed by atoms with Crippen LogP contribution in [0.5, 0.6) is 0 Å². The summed E-state index contributed by atoms with van der Waals surface area (Å²) < 4.78 is 78.3. The van der Waals surface area contributed by atoms with E-state index in [2.05, 4.69) is 0 Å². The smallest absolute Gasteiger partial charge is 0.399 e. The maximum absolute atomic E-state index is 13.1. The molecule has 0 aromatic heterocycles. The lowest BCUT2D eigenvalue weighted by atomic mass is 9.92. The standard InChI is InChI=1S/C40H27F6N/c41-39(42,43)35-19-13-30(14-20-35)28-5-9-33(10-6-28)38(25-26-1-3-27(4-2-26)32-17-23-37(47)24-18-32)34-11-7-29(8-12-34)31-15-21-36(22-16-31)40(44,45)46/h1-25H,47H2. The lowest BCUT2D eigenvalue weighted by Crippen LogP contribution is -2.03. The van der Waals surface area contributed by atoms with E-state index in [1.807, 2.05) is 103 Å². The summed E-state index contributed by atoms with van der Waals surface area (Å²) >= 11 is 0. The van der Waals surface area contributed by atoms with Gasteiger partial charge in [-0.05, 0) is 98.1 Å². The minimum absolute atomic E-state index is 0.661. The van der Waals surface area contributed by atoms with Crippen LogP contribution in [0, 0.1) is 0 Å². The second kappa shape index (κ2) is 12.7. The largest absolute Gasteiger partial charge is 0.416 e. The van der Waals surface area contributed by atoms with Gasteiger partial charge in [-0.15, -0.1) is 0 Å². The number of benzene rings is 6. The summed E-state index contributed by atoms with van der Waals surface area (Å²) in [5.41, 5.74) is 13.6. The molecule has 6 rings (SSSR count). The molecule has 234 valence electrons. The van der Waals surface area contributed by atoms with E-state index in [0.717, 1.165) is 68.8 Å². The molecule has 0 atom stereocenters. The minimum Gasteiger partial charge on any atom is -0.399 e. The van der Waals surface area contributed by atoms with Gasteiger partial charge in [-0.1, -0.05) is 109 Å². The molecule has 6 aromatic carbocycles. The van der Waals surface area contributed by atoms with Crippen molar-refractivity contribution in [3.63, 3.8) is 0 Å². The van der Waals surface area contributed by atoms with E-state index in [-0.39, 0.29) is 0 Å². The molecule has 0 saturated heterocycles. The third-order valence-electron chi connectivity index (χ3n) is 7.95. The van der Waals surface area contributed by atoms with E-state index < -0.39 is 23.5 Å². The van der Waals surface area contributed by atoms with Crippen LogP contribution in [0.3, 0.4) is 0 Å². The lowest BCUT2D eigenvalue weighted by molar-refractivity contribution is -0.138. The zero-order valence-electron chi connectivity index (χ0n) is 24.8. The molecule has 0 saturated carbocycles. The number of hydrogen-bond donors (Lipinski definition) is 1. The molecule has 7 heteroatoms. The molecule has 0 aliphatic heterocycles. The van der Waals surface area contributed by atoms with Crippen LogP contribution in [-0.2, 0) is 12.4 Å². The second-order valence-electron chi connectivity index (χ2n) is 11.1. The Kier molecular flexibility index (Phi) is 8.48. The van der Waals surface area contributed by atoms with Gasteiger partial charge in [-0.25, -0.2) is 0 Å². The van der Waals surface area contributed by atoms with Crippen LogP contribution in [0.1, 0.15) is 27.8 Å². The number of halogens is 6. The summed E-state index contributed by atoms with van der Waals surface area (Å²) in [6.45, 7) is 0. The topological polar surface area (TPSA) is 26.0 Å². The molecule has 0 amide bonds. The molecule has 0 bridgehead atoms. The zero-order chi connectivity index (χ0) is 33.2. The van der Waals surface area contributed by atoms with Crippen LogP contribution in [0.15, 0.2) is 146 Å². The summed E-state index contributed by atoms with van der Waals surface area (Å²) in [5, 5.41) is 0. The number of hydrogen-bond acceptors (Lipinski definition) is 1. The number of anilines is 1. The van der Waals surface area contributed by atoms with Crippen LogP contribution in [0.2, 0.25) is 0 Å². The molecule has 47 heavy (non-hydrogen) atoms. The van der Waals surface area contributed by atoms with Crippen LogP contribution < -0.4 is 5.73 Å². The fraction of sp³-hybridized carbons (Fsp3) is 0.0500. The average Bonchev–Trinajstić information content (AvgIpc) is 3.07. The fourth-order valence-corrected chi connectivity index (χ4v) is 5.34. The van der Waals surface area contributed by atoms with Crippen molar-refractivity contribution in [2.24, 2.45) is 0 Å². The highest BCUT2D eigenvalue weighted by Crippen LogP contribution is 2.35. The summed E-state index contributed by atoms with van der Waals surface area (Å²) in [6.07, 6.45) is -6.76. The first-order valence-electron chi connectivity index (χ1n) is 14.7. The molecular weight excluding hydrogens is 608 g/mol. The first-order valence-corrected chi connectivity index (χ1v) is 14.7. The van der Waals surface area contributed by atoms with Gasteiger partial charge in [0, 0.05) is 5.69 Å². The Labute approximate surface area is 268 Å². The molecule has 1 nitrogen and oxygen atoms in total. The summed E-state index contributed by atoms with van der Waals surface area (Å²) in [5.74, 6) is 0. The predicted octanol–water partition coefficient (Wildman–Crippen LogP) is 11.9. The Morgan fingerprint density at radius 3 is 0.979 bits per heavy atom. The fourth-order valence-electron chi connectivity index (χ4n) is 5.34. The first kappa shape index (κ1) is 31.4. The molecule has 0 aliphatic carbocycles. The van der Waals surface area contributed by atoms with Gasteiger partial charge in [0.25, 0.3) is 0 Å². The van der Waals surface area contributed by atoms with Crippen molar-refractivity contribution in [1.82, 2.24) is 0 Å². The number of alkyl halides is 6. The van der Waals surface area contributed by atoms with Crippen LogP contribution in [0.4, 0.5) is 32.0 Å². The van der Waals surface area contributed by atoms with Gasteiger partial charge in [0.05, 0.1) is 11.1 Å². The van der Waals surface area contributed by atoms with Crippen molar-refractivity contribution in [2.45, 2.75) is 12.4 Å². The summed E-state index contributed by atoms with van der Waals surface area (Å²) in [7, 11) is 0. The number of rotatable bonds is 6. The van der Waals surface area contributed by atoms with Crippen molar-refractivity contribution < 1.29 is 26.3 Å². The van der Waals surface area contributed by atoms with E-state index in [0.29, 0.717) is 16.8 Å². The molecular formula is C40H27F6N. The van der Waals surface area contributed by atoms with Gasteiger partial charge in [0.1, 0.15) is 0 Å². The number of nitrogen functional groups attached to an aromatic ring is 1. The maximum Gasteiger partial charge on any atom is 0.416 e. The van der Waals surface area contributed by atoms with Gasteiger partial charge in [0.2, 0.25) is 0 Å². The Morgan fingerprint density at radius 1 is 0.383 bits per heavy atom. The molecule has 0 aliphatic rings. The molecule has 0 spiro atoms. The summed E-state index contributed by atoms with van der Waals surface area (Å²) in [6, 6.07) is 41.0. The van der Waals surface area contributed by atoms with Gasteiger partial charge in [0.15, 0.2) is 0 Å². The van der Waals surface area contributed by atoms with Gasteiger partial charge in [-0.2, -0.15) is 26.3 Å². The molecule has 0 radical (unpaired) electrons. The van der Waals surface area contributed by atoms with Gasteiger partial charge in [-0.3, -0.25) is 0 Å². The van der Waals surface area contributed by atoms with Crippen molar-refractivity contribution in [3.05, 3.63) is 173 Å². The lowest BCUT2D eigenvalue weighted by Gasteiger charge is -2.13. The van der Waals surface area contributed by atoms with Crippen molar-refractivity contribution in [3.8, 4) is 33.4 Å². The van der Waals surface area contributed by atoms with E-state index in [9.17, 15) is 26.3 Å². The molecule has 0 unspecified atom stereocenters. The van der Waals surface area contributed by atoms with Crippen LogP contribution in [0.25, 0.3) is 45.0 Å². The van der Waals surface area contributed by atoms with E-state index in [1.165, 1.54) is 24.3 Å². The Hall–Kier alpha value is -5.56. The van der Waals surface area contributed by atoms with Crippen molar-refractivity contribution in [2.75, 3.05) is 5.73 Å². The SMILES string of the molecule is Nc1ccc(-c2ccc(C=C(c3ccc(-c4ccc(C(F)(F)F)cc4)cc3)c3ccc(-c4ccc(C(F)(F)F)cc4)cc3)cc2)cc1. The predicted molar refractivity (Wildman–Crippen MR) is 177 cm³/mol. The van der Waals surface area contributed by atoms with Crippen molar-refractivity contribution in [1.29, 1.82) is 0 Å². The molecule has 2 N–H and O–H groups in total. The average molecular weight is 636 g/mol. The minimum atomic E-state index is -4.41. The first-order chi connectivity index (χ1) is 22.4. The second-order valence-corrected chi connectivity index (χ2v) is 11.1. The monoisotopic (exact) mass is 635 g/mol. The zero-order valence-corrected chi connectivity index (χ0v) is 24.8. The van der Waals surface area contributed by atoms with Crippen LogP contribution >= 0.6 is 0 Å². The highest BCUT2D eigenvalue weighted by molar-refractivity contribution is 5.92. The highest BCUT2D eigenvalue weighted by atomic mass is 19.4. The van der Waals surface area contributed by atoms with Crippen LogP contribution in [-0.4, -0.2) is 0 Å². The van der Waals surface area contributed by atoms with E-state index in [1.54, 1.807) is 0 Å². The van der Waals surface area contributed by atoms with Gasteiger partial charge < -0.3 is 5.73 Å². The Balaban J connectivity index is 1.34. The van der Waals surface area contributed by atoms with Crippen molar-refractivity contribution >= 4 is 17.3 Å².